The van der Waals surface area contributed by atoms with Crippen LogP contribution in [0.15, 0.2) is 47.4 Å². The van der Waals surface area contributed by atoms with E-state index >= 15 is 0 Å². The number of hydrogen-bond donors (Lipinski definition) is 1. The molecule has 0 atom stereocenters. The summed E-state index contributed by atoms with van der Waals surface area (Å²) in [7, 11) is -2.34. The van der Waals surface area contributed by atoms with E-state index in [1.165, 1.54) is 25.3 Å². The van der Waals surface area contributed by atoms with Crippen molar-refractivity contribution >= 4 is 15.9 Å². The number of carbonyl (C=O) groups excluding carboxylic acids is 1. The number of carbonyl (C=O) groups is 1. The fourth-order valence-electron chi connectivity index (χ4n) is 3.64. The minimum absolute atomic E-state index is 0.0347. The second-order valence-corrected chi connectivity index (χ2v) is 9.24. The maximum atomic E-state index is 13.1. The minimum Gasteiger partial charge on any atom is -0.496 e. The zero-order valence-corrected chi connectivity index (χ0v) is 18.9. The van der Waals surface area contributed by atoms with Crippen molar-refractivity contribution in [2.24, 2.45) is 0 Å². The Bertz CT molecular complexity index is 999. The van der Waals surface area contributed by atoms with Crippen molar-refractivity contribution in [2.75, 3.05) is 26.8 Å². The molecule has 1 heterocycles. The number of rotatable bonds is 8. The van der Waals surface area contributed by atoms with Gasteiger partial charge < -0.3 is 14.4 Å². The van der Waals surface area contributed by atoms with Crippen LogP contribution >= 0.6 is 0 Å². The molecule has 1 saturated heterocycles. The van der Waals surface area contributed by atoms with Gasteiger partial charge in [0.1, 0.15) is 11.5 Å². The lowest BCUT2D eigenvalue weighted by Crippen LogP contribution is -2.32. The first-order chi connectivity index (χ1) is 14.9. The summed E-state index contributed by atoms with van der Waals surface area (Å²) in [4.78, 5) is 14.9. The molecule has 0 unspecified atom stereocenters. The average molecular weight is 447 g/mol. The quantitative estimate of drug-likeness (QED) is 0.670. The van der Waals surface area contributed by atoms with Gasteiger partial charge in [-0.2, -0.15) is 0 Å². The Labute approximate surface area is 184 Å². The Morgan fingerprint density at radius 3 is 2.48 bits per heavy atom. The van der Waals surface area contributed by atoms with Gasteiger partial charge in [0.2, 0.25) is 10.0 Å². The minimum atomic E-state index is -3.82. The normalized spacial score (nSPS) is 14.7. The Morgan fingerprint density at radius 1 is 1.06 bits per heavy atom. The zero-order chi connectivity index (χ0) is 22.3. The summed E-state index contributed by atoms with van der Waals surface area (Å²) in [6, 6.07) is 11.7. The highest BCUT2D eigenvalue weighted by Gasteiger charge is 2.24. The van der Waals surface area contributed by atoms with Gasteiger partial charge in [-0.3, -0.25) is 4.79 Å². The van der Waals surface area contributed by atoms with Crippen molar-refractivity contribution in [1.82, 2.24) is 9.62 Å². The molecule has 0 saturated carbocycles. The van der Waals surface area contributed by atoms with E-state index in [9.17, 15) is 13.2 Å². The third-order valence-corrected chi connectivity index (χ3v) is 6.68. The summed E-state index contributed by atoms with van der Waals surface area (Å²) in [5.74, 6) is 0.867. The van der Waals surface area contributed by atoms with Crippen molar-refractivity contribution in [3.63, 3.8) is 0 Å². The van der Waals surface area contributed by atoms with Crippen LogP contribution in [0.1, 0.15) is 48.5 Å². The van der Waals surface area contributed by atoms with Crippen molar-refractivity contribution < 1.29 is 22.7 Å². The van der Waals surface area contributed by atoms with Crippen LogP contribution < -0.4 is 14.2 Å². The molecular weight excluding hydrogens is 416 g/mol. The van der Waals surface area contributed by atoms with E-state index in [-0.39, 0.29) is 22.9 Å². The number of sulfonamides is 1. The summed E-state index contributed by atoms with van der Waals surface area (Å²) in [6.45, 7) is 3.89. The first-order valence-corrected chi connectivity index (χ1v) is 12.1. The molecule has 168 valence electrons. The lowest BCUT2D eigenvalue weighted by atomic mass is 10.1. The maximum Gasteiger partial charge on any atom is 0.257 e. The van der Waals surface area contributed by atoms with Crippen LogP contribution in [0.3, 0.4) is 0 Å². The molecule has 0 aliphatic carbocycles. The molecule has 0 bridgehead atoms. The number of benzene rings is 2. The molecule has 1 aliphatic rings. The highest BCUT2D eigenvalue weighted by atomic mass is 32.2. The van der Waals surface area contributed by atoms with Crippen LogP contribution in [0.2, 0.25) is 0 Å². The van der Waals surface area contributed by atoms with Crippen LogP contribution in [0, 0.1) is 0 Å². The van der Waals surface area contributed by atoms with E-state index < -0.39 is 10.0 Å². The van der Waals surface area contributed by atoms with Gasteiger partial charge in [0.05, 0.1) is 24.2 Å². The number of likely N-dealkylation sites (tertiary alicyclic amines) is 1. The molecular formula is C23H30N2O5S. The van der Waals surface area contributed by atoms with E-state index in [1.807, 2.05) is 25.1 Å². The maximum absolute atomic E-state index is 13.1. The second kappa shape index (κ2) is 10.6. The Hall–Kier alpha value is -2.58. The van der Waals surface area contributed by atoms with Gasteiger partial charge in [0.25, 0.3) is 5.91 Å². The Balaban J connectivity index is 1.80. The third-order valence-electron chi connectivity index (χ3n) is 5.28. The van der Waals surface area contributed by atoms with E-state index in [0.29, 0.717) is 31.2 Å². The van der Waals surface area contributed by atoms with Gasteiger partial charge >= 0.3 is 0 Å². The highest BCUT2D eigenvalue weighted by Crippen LogP contribution is 2.25. The van der Waals surface area contributed by atoms with Gasteiger partial charge in [-0.1, -0.05) is 25.0 Å². The molecule has 31 heavy (non-hydrogen) atoms. The van der Waals surface area contributed by atoms with Crippen molar-refractivity contribution in [2.45, 2.75) is 44.0 Å². The van der Waals surface area contributed by atoms with Crippen molar-refractivity contribution in [3.8, 4) is 11.5 Å². The molecule has 8 heteroatoms. The topological polar surface area (TPSA) is 84.9 Å². The van der Waals surface area contributed by atoms with Gasteiger partial charge in [-0.25, -0.2) is 13.1 Å². The fraction of sp³-hybridized carbons (Fsp3) is 0.435. The van der Waals surface area contributed by atoms with E-state index in [1.54, 1.807) is 11.0 Å². The average Bonchev–Trinajstić information content (AvgIpc) is 3.07. The molecule has 3 rings (SSSR count). The second-order valence-electron chi connectivity index (χ2n) is 7.47. The predicted molar refractivity (Wildman–Crippen MR) is 119 cm³/mol. The SMILES string of the molecule is CCOc1cccc(CNS(=O)(=O)c2ccc(OC)c(C(=O)N3CCCCCC3)c2)c1. The van der Waals surface area contributed by atoms with E-state index in [4.69, 9.17) is 9.47 Å². The van der Waals surface area contributed by atoms with Crippen molar-refractivity contribution in [3.05, 3.63) is 53.6 Å². The molecule has 0 aromatic heterocycles. The summed E-state index contributed by atoms with van der Waals surface area (Å²) in [5.41, 5.74) is 1.05. The van der Waals surface area contributed by atoms with Gasteiger partial charge in [-0.15, -0.1) is 0 Å². The van der Waals surface area contributed by atoms with Gasteiger partial charge in [0.15, 0.2) is 0 Å². The summed E-state index contributed by atoms with van der Waals surface area (Å²) >= 11 is 0. The lowest BCUT2D eigenvalue weighted by molar-refractivity contribution is 0.0758. The van der Waals surface area contributed by atoms with Crippen molar-refractivity contribution in [1.29, 1.82) is 0 Å². The molecule has 2 aromatic rings. The molecule has 1 fully saturated rings. The lowest BCUT2D eigenvalue weighted by Gasteiger charge is -2.22. The smallest absolute Gasteiger partial charge is 0.257 e. The number of ether oxygens (including phenoxy) is 2. The molecule has 1 N–H and O–H groups in total. The van der Waals surface area contributed by atoms with E-state index in [0.717, 1.165) is 31.2 Å². The monoisotopic (exact) mass is 446 g/mol. The number of methoxy groups -OCH3 is 1. The molecule has 0 spiro atoms. The van der Waals surface area contributed by atoms with E-state index in [2.05, 4.69) is 4.72 Å². The molecule has 1 aliphatic heterocycles. The Kier molecular flexibility index (Phi) is 7.92. The fourth-order valence-corrected chi connectivity index (χ4v) is 4.68. The first kappa shape index (κ1) is 23.1. The Morgan fingerprint density at radius 2 is 1.81 bits per heavy atom. The van der Waals surface area contributed by atoms with Gasteiger partial charge in [0, 0.05) is 19.6 Å². The standard InChI is InChI=1S/C23H30N2O5S/c1-3-30-19-10-8-9-18(15-19)17-24-31(27,28)20-11-12-22(29-2)21(16-20)23(26)25-13-6-4-5-7-14-25/h8-12,15-16,24H,3-7,13-14,17H2,1-2H3. The van der Waals surface area contributed by atoms with Crippen LogP contribution in [-0.4, -0.2) is 46.0 Å². The van der Waals surface area contributed by atoms with Crippen LogP contribution in [0.25, 0.3) is 0 Å². The number of nitrogens with one attached hydrogen (secondary N) is 1. The third kappa shape index (κ3) is 5.98. The summed E-state index contributed by atoms with van der Waals surface area (Å²) < 4.78 is 39.2. The van der Waals surface area contributed by atoms with Crippen LogP contribution in [-0.2, 0) is 16.6 Å². The highest BCUT2D eigenvalue weighted by molar-refractivity contribution is 7.89. The van der Waals surface area contributed by atoms with Gasteiger partial charge in [-0.05, 0) is 55.7 Å². The molecule has 2 aromatic carbocycles. The number of hydrogen-bond acceptors (Lipinski definition) is 5. The summed E-state index contributed by atoms with van der Waals surface area (Å²) in [6.07, 6.45) is 4.11. The molecule has 0 radical (unpaired) electrons. The number of amides is 1. The van der Waals surface area contributed by atoms with Crippen LogP contribution in [0.5, 0.6) is 11.5 Å². The molecule has 7 nitrogen and oxygen atoms in total. The van der Waals surface area contributed by atoms with Crippen LogP contribution in [0.4, 0.5) is 0 Å². The molecule has 1 amide bonds. The summed E-state index contributed by atoms with van der Waals surface area (Å²) in [5, 5.41) is 0. The predicted octanol–water partition coefficient (Wildman–Crippen LogP) is 3.59. The largest absolute Gasteiger partial charge is 0.496 e. The number of nitrogens with zero attached hydrogens (tertiary/aromatic N) is 1. The zero-order valence-electron chi connectivity index (χ0n) is 18.1. The first-order valence-electron chi connectivity index (χ1n) is 10.6.